The lowest BCUT2D eigenvalue weighted by atomic mass is 9.87. The molecule has 0 spiro atoms. The number of aromatic nitrogens is 4. The van der Waals surface area contributed by atoms with Crippen molar-refractivity contribution < 1.29 is 19.4 Å². The third-order valence-corrected chi connectivity index (χ3v) is 6.02. The van der Waals surface area contributed by atoms with Gasteiger partial charge in [-0.15, -0.1) is 5.10 Å². The molecule has 3 aromatic rings. The number of ether oxygens (including phenoxy) is 2. The van der Waals surface area contributed by atoms with E-state index in [0.717, 1.165) is 29.8 Å². The van der Waals surface area contributed by atoms with Gasteiger partial charge in [-0.2, -0.15) is 0 Å². The van der Waals surface area contributed by atoms with Gasteiger partial charge in [-0.25, -0.2) is 9.67 Å². The predicted molar refractivity (Wildman–Crippen MR) is 128 cm³/mol. The molecule has 0 amide bonds. The van der Waals surface area contributed by atoms with E-state index in [-0.39, 0.29) is 12.0 Å². The molecule has 1 saturated carbocycles. The second-order valence-corrected chi connectivity index (χ2v) is 8.57. The van der Waals surface area contributed by atoms with Crippen molar-refractivity contribution in [3.8, 4) is 17.1 Å². The molecule has 178 valence electrons. The molecule has 0 aliphatic heterocycles. The summed E-state index contributed by atoms with van der Waals surface area (Å²) >= 11 is 0. The fraction of sp³-hybridized carbons (Fsp3) is 0.385. The molecule has 1 fully saturated rings. The second-order valence-electron chi connectivity index (χ2n) is 8.57. The highest BCUT2D eigenvalue weighted by Crippen LogP contribution is 2.30. The molecule has 1 N–H and O–H groups in total. The molecule has 0 saturated heterocycles. The number of nitrogens with zero attached hydrogens (tertiary/aromatic N) is 4. The molecule has 8 nitrogen and oxygen atoms in total. The summed E-state index contributed by atoms with van der Waals surface area (Å²) in [5, 5.41) is 17.8. The third-order valence-electron chi connectivity index (χ3n) is 6.02. The molecule has 0 bridgehead atoms. The van der Waals surface area contributed by atoms with E-state index in [1.54, 1.807) is 4.68 Å². The van der Waals surface area contributed by atoms with Crippen LogP contribution in [0.15, 0.2) is 48.5 Å². The van der Waals surface area contributed by atoms with Crippen LogP contribution < -0.4 is 4.74 Å². The van der Waals surface area contributed by atoms with Crippen LogP contribution in [0.1, 0.15) is 42.6 Å². The molecule has 0 radical (unpaired) electrons. The lowest BCUT2D eigenvalue weighted by Gasteiger charge is -2.27. The number of carbonyl (C=O) groups is 1. The Balaban J connectivity index is 1.40. The van der Waals surface area contributed by atoms with Crippen molar-refractivity contribution in [3.05, 3.63) is 65.5 Å². The Kier molecular flexibility index (Phi) is 7.69. The van der Waals surface area contributed by atoms with Crippen molar-refractivity contribution in [1.29, 1.82) is 0 Å². The third kappa shape index (κ3) is 5.88. The lowest BCUT2D eigenvalue weighted by molar-refractivity contribution is -0.143. The summed E-state index contributed by atoms with van der Waals surface area (Å²) in [6.07, 6.45) is 6.74. The highest BCUT2D eigenvalue weighted by Gasteiger charge is 2.28. The minimum absolute atomic E-state index is 0.105. The Morgan fingerprint density at radius 3 is 2.79 bits per heavy atom. The SMILES string of the molecule is Cc1nc(-c2nnn(C)c2C=CCOCc2ccccc2)ccc1O[C@H]1CCC[C@H](C(=O)O)C1. The van der Waals surface area contributed by atoms with E-state index in [1.807, 2.05) is 68.6 Å². The zero-order valence-electron chi connectivity index (χ0n) is 19.6. The van der Waals surface area contributed by atoms with Gasteiger partial charge in [-0.3, -0.25) is 4.79 Å². The molecule has 1 aromatic carbocycles. The molecule has 2 atom stereocenters. The van der Waals surface area contributed by atoms with Gasteiger partial charge in [0.1, 0.15) is 11.4 Å². The molecule has 0 unspecified atom stereocenters. The van der Waals surface area contributed by atoms with Crippen LogP contribution >= 0.6 is 0 Å². The van der Waals surface area contributed by atoms with Crippen LogP contribution in [0.25, 0.3) is 17.5 Å². The van der Waals surface area contributed by atoms with Gasteiger partial charge in [-0.1, -0.05) is 41.6 Å². The highest BCUT2D eigenvalue weighted by molar-refractivity contribution is 5.70. The molecule has 1 aliphatic carbocycles. The topological polar surface area (TPSA) is 99.4 Å². The zero-order chi connectivity index (χ0) is 23.9. The normalized spacial score (nSPS) is 18.3. The first kappa shape index (κ1) is 23.6. The van der Waals surface area contributed by atoms with Gasteiger partial charge in [-0.05, 0) is 56.4 Å². The molecule has 2 aromatic heterocycles. The van der Waals surface area contributed by atoms with Crippen molar-refractivity contribution >= 4 is 12.0 Å². The maximum absolute atomic E-state index is 11.3. The second kappa shape index (κ2) is 11.1. The summed E-state index contributed by atoms with van der Waals surface area (Å²) in [6, 6.07) is 13.8. The number of carboxylic acid groups (broad SMARTS) is 1. The van der Waals surface area contributed by atoms with Crippen molar-refractivity contribution in [3.63, 3.8) is 0 Å². The monoisotopic (exact) mass is 462 g/mol. The molecule has 34 heavy (non-hydrogen) atoms. The first-order chi connectivity index (χ1) is 16.5. The van der Waals surface area contributed by atoms with E-state index in [9.17, 15) is 9.90 Å². The Labute approximate surface area is 199 Å². The number of hydrogen-bond donors (Lipinski definition) is 1. The minimum Gasteiger partial charge on any atom is -0.489 e. The Hall–Kier alpha value is -3.52. The van der Waals surface area contributed by atoms with Crippen LogP contribution in [-0.4, -0.2) is 43.8 Å². The Morgan fingerprint density at radius 2 is 2.03 bits per heavy atom. The first-order valence-electron chi connectivity index (χ1n) is 11.6. The summed E-state index contributed by atoms with van der Waals surface area (Å²) in [6.45, 7) is 2.91. The van der Waals surface area contributed by atoms with Crippen LogP contribution in [0.4, 0.5) is 0 Å². The summed E-state index contributed by atoms with van der Waals surface area (Å²) in [5.74, 6) is -0.404. The summed E-state index contributed by atoms with van der Waals surface area (Å²) in [7, 11) is 1.84. The fourth-order valence-electron chi connectivity index (χ4n) is 4.17. The highest BCUT2D eigenvalue weighted by atomic mass is 16.5. The van der Waals surface area contributed by atoms with Gasteiger partial charge in [0.2, 0.25) is 0 Å². The number of pyridine rings is 1. The van der Waals surface area contributed by atoms with Gasteiger partial charge in [0.05, 0.1) is 42.3 Å². The van der Waals surface area contributed by atoms with E-state index in [4.69, 9.17) is 14.5 Å². The van der Waals surface area contributed by atoms with E-state index in [2.05, 4.69) is 10.3 Å². The average Bonchev–Trinajstić information content (AvgIpc) is 3.21. The van der Waals surface area contributed by atoms with Crippen molar-refractivity contribution in [2.45, 2.75) is 45.3 Å². The van der Waals surface area contributed by atoms with Crippen LogP contribution in [-0.2, 0) is 23.2 Å². The van der Waals surface area contributed by atoms with Gasteiger partial charge < -0.3 is 14.6 Å². The van der Waals surface area contributed by atoms with Crippen molar-refractivity contribution in [2.75, 3.05) is 6.61 Å². The first-order valence-corrected chi connectivity index (χ1v) is 11.6. The molecule has 8 heteroatoms. The predicted octanol–water partition coefficient (Wildman–Crippen LogP) is 4.44. The quantitative estimate of drug-likeness (QED) is 0.469. The van der Waals surface area contributed by atoms with Gasteiger partial charge in [0.15, 0.2) is 0 Å². The summed E-state index contributed by atoms with van der Waals surface area (Å²) in [4.78, 5) is 16.0. The number of benzene rings is 1. The largest absolute Gasteiger partial charge is 0.489 e. The Morgan fingerprint density at radius 1 is 1.21 bits per heavy atom. The van der Waals surface area contributed by atoms with Gasteiger partial charge >= 0.3 is 5.97 Å². The van der Waals surface area contributed by atoms with E-state index >= 15 is 0 Å². The minimum atomic E-state index is -0.743. The average molecular weight is 463 g/mol. The number of aliphatic carboxylic acids is 1. The van der Waals surface area contributed by atoms with Crippen LogP contribution in [0.5, 0.6) is 5.75 Å². The van der Waals surface area contributed by atoms with E-state index in [1.165, 1.54) is 0 Å². The molecule has 2 heterocycles. The van der Waals surface area contributed by atoms with Gasteiger partial charge in [0, 0.05) is 7.05 Å². The maximum Gasteiger partial charge on any atom is 0.306 e. The van der Waals surface area contributed by atoms with Crippen molar-refractivity contribution in [1.82, 2.24) is 20.0 Å². The number of aryl methyl sites for hydroxylation is 2. The number of carboxylic acids is 1. The molecule has 1 aliphatic rings. The van der Waals surface area contributed by atoms with E-state index < -0.39 is 5.97 Å². The summed E-state index contributed by atoms with van der Waals surface area (Å²) < 4.78 is 13.6. The summed E-state index contributed by atoms with van der Waals surface area (Å²) in [5.41, 5.74) is 4.09. The van der Waals surface area contributed by atoms with Crippen LogP contribution in [0.3, 0.4) is 0 Å². The number of rotatable bonds is 9. The van der Waals surface area contributed by atoms with Crippen LogP contribution in [0, 0.1) is 12.8 Å². The molecular weight excluding hydrogens is 432 g/mol. The molecular formula is C26H30N4O4. The smallest absolute Gasteiger partial charge is 0.306 e. The van der Waals surface area contributed by atoms with Gasteiger partial charge in [0.25, 0.3) is 0 Å². The fourth-order valence-corrected chi connectivity index (χ4v) is 4.17. The Bertz CT molecular complexity index is 1140. The zero-order valence-corrected chi connectivity index (χ0v) is 19.6. The number of hydrogen-bond acceptors (Lipinski definition) is 6. The van der Waals surface area contributed by atoms with E-state index in [0.29, 0.717) is 43.2 Å². The maximum atomic E-state index is 11.3. The standard InChI is InChI=1S/C26H30N4O4/c1-18-24(34-21-11-6-10-20(16-21)26(31)32)14-13-22(27-18)25-23(30(2)29-28-25)12-7-15-33-17-19-8-4-3-5-9-19/h3-5,7-9,12-14,20-21H,6,10-11,15-17H2,1-2H3,(H,31,32)/t20-,21-/m0/s1. The lowest BCUT2D eigenvalue weighted by Crippen LogP contribution is -2.29. The van der Waals surface area contributed by atoms with Crippen molar-refractivity contribution in [2.24, 2.45) is 13.0 Å². The molecule has 4 rings (SSSR count). The van der Waals surface area contributed by atoms with Crippen LogP contribution in [0.2, 0.25) is 0 Å².